The highest BCUT2D eigenvalue weighted by molar-refractivity contribution is 4.92. The first-order chi connectivity index (χ1) is 5.91. The summed E-state index contributed by atoms with van der Waals surface area (Å²) in [6.45, 7) is 10.9. The summed E-state index contributed by atoms with van der Waals surface area (Å²) < 4.78 is 2.15. The van der Waals surface area contributed by atoms with E-state index in [4.69, 9.17) is 0 Å². The first-order valence-corrected chi connectivity index (χ1v) is 4.80. The number of hydrogen-bond donors (Lipinski definition) is 0. The molecule has 0 fully saturated rings. The zero-order valence-electron chi connectivity index (χ0n) is 9.20. The van der Waals surface area contributed by atoms with Crippen molar-refractivity contribution in [2.75, 3.05) is 0 Å². The molecular weight excluding hydrogens is 162 g/mol. The van der Waals surface area contributed by atoms with Gasteiger partial charge >= 0.3 is 0 Å². The number of aromatic nitrogens is 3. The van der Waals surface area contributed by atoms with Crippen molar-refractivity contribution in [1.29, 1.82) is 0 Å². The van der Waals surface area contributed by atoms with Gasteiger partial charge in [-0.25, -0.2) is 0 Å². The maximum absolute atomic E-state index is 4.14. The minimum absolute atomic E-state index is 0.0910. The second-order valence-electron chi connectivity index (χ2n) is 4.89. The Hall–Kier alpha value is -0.860. The van der Waals surface area contributed by atoms with E-state index in [-0.39, 0.29) is 5.54 Å². The molecule has 1 aromatic heterocycles. The van der Waals surface area contributed by atoms with Crippen molar-refractivity contribution in [3.63, 3.8) is 0 Å². The van der Waals surface area contributed by atoms with Crippen LogP contribution in [0.3, 0.4) is 0 Å². The third-order valence-corrected chi connectivity index (χ3v) is 1.93. The zero-order valence-corrected chi connectivity index (χ0v) is 9.20. The van der Waals surface area contributed by atoms with Crippen LogP contribution in [0.15, 0.2) is 6.33 Å². The molecule has 0 aliphatic carbocycles. The molecule has 13 heavy (non-hydrogen) atoms. The molecule has 0 atom stereocenters. The van der Waals surface area contributed by atoms with Crippen LogP contribution < -0.4 is 0 Å². The van der Waals surface area contributed by atoms with E-state index in [2.05, 4.69) is 49.4 Å². The third-order valence-electron chi connectivity index (χ3n) is 1.93. The van der Waals surface area contributed by atoms with Crippen LogP contribution in [0, 0.1) is 5.92 Å². The standard InChI is InChI=1S/C10H19N3/c1-8(2)6-9-12-11-7-13(9)10(3,4)5/h7-8H,6H2,1-5H3. The van der Waals surface area contributed by atoms with E-state index in [1.807, 2.05) is 6.33 Å². The normalized spacial score (nSPS) is 12.5. The molecule has 0 aromatic carbocycles. The van der Waals surface area contributed by atoms with Crippen LogP contribution in [-0.4, -0.2) is 14.8 Å². The van der Waals surface area contributed by atoms with Crippen LogP contribution in [0.5, 0.6) is 0 Å². The van der Waals surface area contributed by atoms with Gasteiger partial charge in [-0.3, -0.25) is 0 Å². The molecule has 0 unspecified atom stereocenters. The smallest absolute Gasteiger partial charge is 0.133 e. The molecule has 0 N–H and O–H groups in total. The van der Waals surface area contributed by atoms with Gasteiger partial charge in [0.25, 0.3) is 0 Å². The first-order valence-electron chi connectivity index (χ1n) is 4.80. The molecule has 1 rings (SSSR count). The predicted molar refractivity (Wildman–Crippen MR) is 53.6 cm³/mol. The van der Waals surface area contributed by atoms with Gasteiger partial charge in [-0.15, -0.1) is 10.2 Å². The molecule has 0 saturated carbocycles. The van der Waals surface area contributed by atoms with Gasteiger partial charge in [0, 0.05) is 12.0 Å². The van der Waals surface area contributed by atoms with Gasteiger partial charge in [0.2, 0.25) is 0 Å². The Balaban J connectivity index is 2.90. The Morgan fingerprint density at radius 2 is 2.00 bits per heavy atom. The molecule has 0 bridgehead atoms. The Bertz CT molecular complexity index is 268. The molecule has 0 saturated heterocycles. The summed E-state index contributed by atoms with van der Waals surface area (Å²) in [5.74, 6) is 1.72. The van der Waals surface area contributed by atoms with Gasteiger partial charge < -0.3 is 4.57 Å². The summed E-state index contributed by atoms with van der Waals surface area (Å²) in [5.41, 5.74) is 0.0910. The molecule has 74 valence electrons. The average molecular weight is 181 g/mol. The maximum Gasteiger partial charge on any atom is 0.133 e. The molecule has 0 aliphatic rings. The Labute approximate surface area is 80.2 Å². The average Bonchev–Trinajstić information content (AvgIpc) is 2.31. The minimum Gasteiger partial charge on any atom is -0.312 e. The highest BCUT2D eigenvalue weighted by Gasteiger charge is 2.17. The molecule has 0 spiro atoms. The van der Waals surface area contributed by atoms with Crippen LogP contribution in [-0.2, 0) is 12.0 Å². The summed E-state index contributed by atoms with van der Waals surface area (Å²) in [7, 11) is 0. The van der Waals surface area contributed by atoms with Crippen LogP contribution in [0.4, 0.5) is 0 Å². The molecule has 1 aromatic rings. The van der Waals surface area contributed by atoms with Gasteiger partial charge in [-0.1, -0.05) is 13.8 Å². The number of nitrogens with zero attached hydrogens (tertiary/aromatic N) is 3. The lowest BCUT2D eigenvalue weighted by Crippen LogP contribution is -2.24. The van der Waals surface area contributed by atoms with Crippen molar-refractivity contribution in [3.05, 3.63) is 12.2 Å². The van der Waals surface area contributed by atoms with Crippen molar-refractivity contribution in [2.45, 2.75) is 46.6 Å². The molecular formula is C10H19N3. The predicted octanol–water partition coefficient (Wildman–Crippen LogP) is 2.23. The SMILES string of the molecule is CC(C)Cc1nncn1C(C)(C)C. The van der Waals surface area contributed by atoms with Crippen molar-refractivity contribution in [2.24, 2.45) is 5.92 Å². The van der Waals surface area contributed by atoms with Gasteiger partial charge in [-0.2, -0.15) is 0 Å². The van der Waals surface area contributed by atoms with Gasteiger partial charge in [0.15, 0.2) is 0 Å². The van der Waals surface area contributed by atoms with Crippen molar-refractivity contribution in [1.82, 2.24) is 14.8 Å². The van der Waals surface area contributed by atoms with Crippen LogP contribution in [0.25, 0.3) is 0 Å². The fourth-order valence-corrected chi connectivity index (χ4v) is 1.32. The molecule has 3 nitrogen and oxygen atoms in total. The first kappa shape index (κ1) is 10.2. The lowest BCUT2D eigenvalue weighted by atomic mass is 10.1. The topological polar surface area (TPSA) is 30.7 Å². The van der Waals surface area contributed by atoms with E-state index in [0.29, 0.717) is 5.92 Å². The lowest BCUT2D eigenvalue weighted by Gasteiger charge is -2.22. The summed E-state index contributed by atoms with van der Waals surface area (Å²) >= 11 is 0. The molecule has 0 radical (unpaired) electrons. The van der Waals surface area contributed by atoms with Gasteiger partial charge in [-0.05, 0) is 26.7 Å². The maximum atomic E-state index is 4.14. The Morgan fingerprint density at radius 3 is 2.46 bits per heavy atom. The molecule has 0 amide bonds. The Morgan fingerprint density at radius 1 is 1.38 bits per heavy atom. The molecule has 0 aliphatic heterocycles. The second kappa shape index (κ2) is 3.48. The van der Waals surface area contributed by atoms with E-state index in [9.17, 15) is 0 Å². The van der Waals surface area contributed by atoms with E-state index >= 15 is 0 Å². The molecule has 1 heterocycles. The third kappa shape index (κ3) is 2.54. The number of rotatable bonds is 2. The van der Waals surface area contributed by atoms with Gasteiger partial charge in [0.1, 0.15) is 12.2 Å². The lowest BCUT2D eigenvalue weighted by molar-refractivity contribution is 0.375. The fourth-order valence-electron chi connectivity index (χ4n) is 1.32. The van der Waals surface area contributed by atoms with Crippen molar-refractivity contribution >= 4 is 0 Å². The van der Waals surface area contributed by atoms with E-state index in [1.54, 1.807) is 0 Å². The quantitative estimate of drug-likeness (QED) is 0.700. The summed E-state index contributed by atoms with van der Waals surface area (Å²) in [4.78, 5) is 0. The van der Waals surface area contributed by atoms with Crippen LogP contribution >= 0.6 is 0 Å². The van der Waals surface area contributed by atoms with Crippen molar-refractivity contribution in [3.8, 4) is 0 Å². The largest absolute Gasteiger partial charge is 0.312 e. The highest BCUT2D eigenvalue weighted by atomic mass is 15.3. The van der Waals surface area contributed by atoms with Crippen LogP contribution in [0.2, 0.25) is 0 Å². The van der Waals surface area contributed by atoms with E-state index < -0.39 is 0 Å². The van der Waals surface area contributed by atoms with Gasteiger partial charge in [0.05, 0.1) is 0 Å². The summed E-state index contributed by atoms with van der Waals surface area (Å²) in [6, 6.07) is 0. The second-order valence-corrected chi connectivity index (χ2v) is 4.89. The van der Waals surface area contributed by atoms with E-state index in [1.165, 1.54) is 0 Å². The monoisotopic (exact) mass is 181 g/mol. The summed E-state index contributed by atoms with van der Waals surface area (Å²) in [6.07, 6.45) is 2.81. The van der Waals surface area contributed by atoms with Crippen molar-refractivity contribution < 1.29 is 0 Å². The fraction of sp³-hybridized carbons (Fsp3) is 0.800. The highest BCUT2D eigenvalue weighted by Crippen LogP contribution is 2.16. The summed E-state index contributed by atoms with van der Waals surface area (Å²) in [5, 5.41) is 8.09. The number of hydrogen-bond acceptors (Lipinski definition) is 2. The molecule has 3 heteroatoms. The van der Waals surface area contributed by atoms with E-state index in [0.717, 1.165) is 12.2 Å². The van der Waals surface area contributed by atoms with Crippen LogP contribution in [0.1, 0.15) is 40.4 Å². The minimum atomic E-state index is 0.0910. The zero-order chi connectivity index (χ0) is 10.1. The Kier molecular flexibility index (Phi) is 2.74.